The summed E-state index contributed by atoms with van der Waals surface area (Å²) in [6, 6.07) is 10.8. The zero-order chi connectivity index (χ0) is 17.0. The lowest BCUT2D eigenvalue weighted by Crippen LogP contribution is -2.49. The Hall–Kier alpha value is -2.76. The molecule has 0 saturated heterocycles. The fourth-order valence-electron chi connectivity index (χ4n) is 1.85. The van der Waals surface area contributed by atoms with Gasteiger partial charge in [0.1, 0.15) is 23.7 Å². The molecule has 0 atom stereocenters. The van der Waals surface area contributed by atoms with E-state index in [1.807, 2.05) is 30.3 Å². The van der Waals surface area contributed by atoms with E-state index in [4.69, 9.17) is 14.3 Å². The molecule has 23 heavy (non-hydrogen) atoms. The average Bonchev–Trinajstić information content (AvgIpc) is 2.87. The molecule has 1 heterocycles. The monoisotopic (exact) mass is 317 g/mol. The van der Waals surface area contributed by atoms with Crippen LogP contribution in [-0.4, -0.2) is 22.5 Å². The number of furan rings is 1. The van der Waals surface area contributed by atoms with Gasteiger partial charge in [-0.15, -0.1) is 0 Å². The maximum Gasteiger partial charge on any atom is 0.328 e. The first-order valence-corrected chi connectivity index (χ1v) is 7.12. The number of amides is 1. The van der Waals surface area contributed by atoms with Crippen molar-refractivity contribution in [3.05, 3.63) is 53.5 Å². The second-order valence-electron chi connectivity index (χ2n) is 5.68. The van der Waals surface area contributed by atoms with E-state index in [-0.39, 0.29) is 12.4 Å². The van der Waals surface area contributed by atoms with E-state index < -0.39 is 17.4 Å². The van der Waals surface area contributed by atoms with Crippen LogP contribution in [-0.2, 0) is 11.4 Å². The molecule has 0 fully saturated rings. The van der Waals surface area contributed by atoms with Gasteiger partial charge in [-0.3, -0.25) is 4.79 Å². The van der Waals surface area contributed by atoms with Gasteiger partial charge in [0.2, 0.25) is 0 Å². The summed E-state index contributed by atoms with van der Waals surface area (Å²) >= 11 is 0. The van der Waals surface area contributed by atoms with Gasteiger partial charge in [-0.05, 0) is 39.0 Å². The quantitative estimate of drug-likeness (QED) is 0.855. The number of carbonyl (C=O) groups is 2. The largest absolute Gasteiger partial charge is 0.489 e. The molecule has 2 N–H and O–H groups in total. The van der Waals surface area contributed by atoms with E-state index in [9.17, 15) is 9.59 Å². The zero-order valence-corrected chi connectivity index (χ0v) is 13.3. The van der Waals surface area contributed by atoms with Gasteiger partial charge in [-0.1, -0.05) is 18.2 Å². The van der Waals surface area contributed by atoms with Crippen LogP contribution in [0.1, 0.15) is 35.7 Å². The van der Waals surface area contributed by atoms with E-state index in [0.717, 1.165) is 5.56 Å². The molecule has 0 bridgehead atoms. The summed E-state index contributed by atoms with van der Waals surface area (Å²) in [6.07, 6.45) is 0. The van der Waals surface area contributed by atoms with Crippen molar-refractivity contribution in [1.82, 2.24) is 5.32 Å². The SMILES string of the molecule is Cc1oc(C(=O)NC(C)(C)C(=O)O)cc1COc1ccccc1. The topological polar surface area (TPSA) is 88.8 Å². The number of rotatable bonds is 6. The summed E-state index contributed by atoms with van der Waals surface area (Å²) in [5, 5.41) is 11.5. The number of carbonyl (C=O) groups excluding carboxylic acids is 1. The Labute approximate surface area is 134 Å². The molecule has 6 heteroatoms. The molecule has 0 aliphatic rings. The second kappa shape index (κ2) is 6.56. The minimum Gasteiger partial charge on any atom is -0.489 e. The molecule has 0 aliphatic heterocycles. The summed E-state index contributed by atoms with van der Waals surface area (Å²) < 4.78 is 11.0. The van der Waals surface area contributed by atoms with E-state index in [2.05, 4.69) is 5.32 Å². The summed E-state index contributed by atoms with van der Waals surface area (Å²) in [5.41, 5.74) is -0.648. The highest BCUT2D eigenvalue weighted by Gasteiger charge is 2.30. The lowest BCUT2D eigenvalue weighted by Gasteiger charge is -2.19. The number of nitrogens with one attached hydrogen (secondary N) is 1. The van der Waals surface area contributed by atoms with Crippen LogP contribution in [0.4, 0.5) is 0 Å². The molecule has 0 unspecified atom stereocenters. The van der Waals surface area contributed by atoms with Crippen molar-refractivity contribution >= 4 is 11.9 Å². The fourth-order valence-corrected chi connectivity index (χ4v) is 1.85. The maximum atomic E-state index is 12.1. The minimum atomic E-state index is -1.38. The Morgan fingerprint density at radius 2 is 1.91 bits per heavy atom. The Morgan fingerprint density at radius 1 is 1.26 bits per heavy atom. The molecule has 0 saturated carbocycles. The summed E-state index contributed by atoms with van der Waals surface area (Å²) in [6.45, 7) is 4.79. The van der Waals surface area contributed by atoms with E-state index in [1.54, 1.807) is 13.0 Å². The number of hydrogen-bond acceptors (Lipinski definition) is 4. The molecular formula is C17H19NO5. The van der Waals surface area contributed by atoms with Gasteiger partial charge in [0.25, 0.3) is 5.91 Å². The van der Waals surface area contributed by atoms with Gasteiger partial charge in [0, 0.05) is 5.56 Å². The molecule has 122 valence electrons. The first-order valence-electron chi connectivity index (χ1n) is 7.12. The van der Waals surface area contributed by atoms with Gasteiger partial charge in [-0.25, -0.2) is 4.79 Å². The Bertz CT molecular complexity index is 703. The van der Waals surface area contributed by atoms with Crippen LogP contribution in [0.3, 0.4) is 0 Å². The molecule has 2 rings (SSSR count). The third kappa shape index (κ3) is 4.12. The first-order chi connectivity index (χ1) is 10.8. The number of aryl methyl sites for hydroxylation is 1. The van der Waals surface area contributed by atoms with Crippen LogP contribution < -0.4 is 10.1 Å². The van der Waals surface area contributed by atoms with Crippen molar-refractivity contribution in [3.8, 4) is 5.75 Å². The number of para-hydroxylation sites is 1. The minimum absolute atomic E-state index is 0.0588. The highest BCUT2D eigenvalue weighted by Crippen LogP contribution is 2.18. The van der Waals surface area contributed by atoms with Crippen molar-refractivity contribution in [1.29, 1.82) is 0 Å². The van der Waals surface area contributed by atoms with Crippen molar-refractivity contribution in [2.24, 2.45) is 0 Å². The fraction of sp³-hybridized carbons (Fsp3) is 0.294. The molecule has 0 aliphatic carbocycles. The molecule has 2 aromatic rings. The van der Waals surface area contributed by atoms with Gasteiger partial charge in [0.05, 0.1) is 0 Å². The van der Waals surface area contributed by atoms with Crippen molar-refractivity contribution in [2.75, 3.05) is 0 Å². The van der Waals surface area contributed by atoms with Gasteiger partial charge in [0.15, 0.2) is 5.76 Å². The van der Waals surface area contributed by atoms with Gasteiger partial charge < -0.3 is 19.6 Å². The smallest absolute Gasteiger partial charge is 0.328 e. The van der Waals surface area contributed by atoms with Crippen LogP contribution >= 0.6 is 0 Å². The normalized spacial score (nSPS) is 11.1. The lowest BCUT2D eigenvalue weighted by atomic mass is 10.1. The summed E-state index contributed by atoms with van der Waals surface area (Å²) in [4.78, 5) is 23.1. The van der Waals surface area contributed by atoms with Crippen LogP contribution in [0.5, 0.6) is 5.75 Å². The van der Waals surface area contributed by atoms with Gasteiger partial charge in [-0.2, -0.15) is 0 Å². The van der Waals surface area contributed by atoms with Crippen molar-refractivity contribution < 1.29 is 23.8 Å². The Balaban J connectivity index is 2.05. The molecular weight excluding hydrogens is 298 g/mol. The van der Waals surface area contributed by atoms with Crippen LogP contribution in [0, 0.1) is 6.92 Å². The Morgan fingerprint density at radius 3 is 2.52 bits per heavy atom. The number of ether oxygens (including phenoxy) is 1. The highest BCUT2D eigenvalue weighted by atomic mass is 16.5. The number of carboxylic acid groups (broad SMARTS) is 1. The maximum absolute atomic E-state index is 12.1. The molecule has 0 radical (unpaired) electrons. The number of hydrogen-bond donors (Lipinski definition) is 2. The van der Waals surface area contributed by atoms with E-state index in [1.165, 1.54) is 13.8 Å². The van der Waals surface area contributed by atoms with Crippen molar-refractivity contribution in [3.63, 3.8) is 0 Å². The Kier molecular flexibility index (Phi) is 4.74. The molecule has 1 aromatic carbocycles. The van der Waals surface area contributed by atoms with Crippen LogP contribution in [0.2, 0.25) is 0 Å². The predicted molar refractivity (Wildman–Crippen MR) is 83.4 cm³/mol. The predicted octanol–water partition coefficient (Wildman–Crippen LogP) is 2.76. The number of benzene rings is 1. The second-order valence-corrected chi connectivity index (χ2v) is 5.68. The molecule has 1 aromatic heterocycles. The molecule has 6 nitrogen and oxygen atoms in total. The summed E-state index contributed by atoms with van der Waals surface area (Å²) in [7, 11) is 0. The molecule has 0 spiro atoms. The lowest BCUT2D eigenvalue weighted by molar-refractivity contribution is -0.143. The van der Waals surface area contributed by atoms with Crippen LogP contribution in [0.25, 0.3) is 0 Å². The molecule has 1 amide bonds. The standard InChI is InChI=1S/C17H19NO5/c1-11-12(10-22-13-7-5-4-6-8-13)9-14(23-11)15(19)18-17(2,3)16(20)21/h4-9H,10H2,1-3H3,(H,18,19)(H,20,21). The highest BCUT2D eigenvalue weighted by molar-refractivity contribution is 5.95. The van der Waals surface area contributed by atoms with E-state index in [0.29, 0.717) is 11.5 Å². The number of carboxylic acids is 1. The summed E-state index contributed by atoms with van der Waals surface area (Å²) in [5.74, 6) is -0.373. The van der Waals surface area contributed by atoms with Crippen LogP contribution in [0.15, 0.2) is 40.8 Å². The number of aliphatic carboxylic acids is 1. The van der Waals surface area contributed by atoms with Crippen molar-refractivity contribution in [2.45, 2.75) is 32.9 Å². The third-order valence-electron chi connectivity index (χ3n) is 3.34. The average molecular weight is 317 g/mol. The zero-order valence-electron chi connectivity index (χ0n) is 13.3. The first kappa shape index (κ1) is 16.6. The van der Waals surface area contributed by atoms with E-state index >= 15 is 0 Å². The third-order valence-corrected chi connectivity index (χ3v) is 3.34. The van der Waals surface area contributed by atoms with Gasteiger partial charge >= 0.3 is 5.97 Å².